The molecule has 1 N–H and O–H groups in total. The fraction of sp³-hybridized carbons (Fsp3) is 0.111. The molecule has 5 nitrogen and oxygen atoms in total. The Morgan fingerprint density at radius 2 is 2.04 bits per heavy atom. The molecule has 2 aromatic heterocycles. The molecule has 0 fully saturated rings. The Labute approximate surface area is 133 Å². The van der Waals surface area contributed by atoms with Crippen molar-refractivity contribution in [3.05, 3.63) is 66.5 Å². The lowest BCUT2D eigenvalue weighted by Gasteiger charge is -2.08. The molecule has 116 valence electrons. The van der Waals surface area contributed by atoms with Crippen molar-refractivity contribution in [1.29, 1.82) is 0 Å². The zero-order chi connectivity index (χ0) is 16.1. The van der Waals surface area contributed by atoms with E-state index in [9.17, 15) is 4.79 Å². The summed E-state index contributed by atoms with van der Waals surface area (Å²) in [6.45, 7) is 1.24. The van der Waals surface area contributed by atoms with Crippen molar-refractivity contribution in [2.45, 2.75) is 6.54 Å². The molecule has 3 aromatic rings. The van der Waals surface area contributed by atoms with Crippen LogP contribution in [0.5, 0.6) is 5.75 Å². The first-order chi connectivity index (χ1) is 11.2. The minimum Gasteiger partial charge on any atom is -0.492 e. The summed E-state index contributed by atoms with van der Waals surface area (Å²) in [7, 11) is 0. The van der Waals surface area contributed by atoms with Crippen LogP contribution in [-0.4, -0.2) is 27.2 Å². The normalized spacial score (nSPS) is 11.1. The average Bonchev–Trinajstić information content (AvgIpc) is 2.97. The smallest absolute Gasteiger partial charge is 0.328 e. The number of rotatable bonds is 6. The third-order valence-electron chi connectivity index (χ3n) is 3.42. The van der Waals surface area contributed by atoms with Gasteiger partial charge in [0.1, 0.15) is 18.0 Å². The number of nitrogens with zero attached hydrogens (tertiary/aromatic N) is 2. The number of hydrogen-bond acceptors (Lipinski definition) is 3. The number of hydrogen-bond donors (Lipinski definition) is 1. The van der Waals surface area contributed by atoms with Gasteiger partial charge in [0, 0.05) is 23.9 Å². The molecule has 0 unspecified atom stereocenters. The van der Waals surface area contributed by atoms with Gasteiger partial charge in [-0.25, -0.2) is 9.78 Å². The second-order valence-corrected chi connectivity index (χ2v) is 5.01. The SMILES string of the molecule is O=C(O)/C=C/c1ccc(OCCn2ccc3cccnc32)cc1. The Balaban J connectivity index is 1.57. The van der Waals surface area contributed by atoms with Crippen LogP contribution in [0.3, 0.4) is 0 Å². The third-order valence-corrected chi connectivity index (χ3v) is 3.42. The molecule has 2 heterocycles. The fourth-order valence-corrected chi connectivity index (χ4v) is 2.31. The van der Waals surface area contributed by atoms with E-state index in [2.05, 4.69) is 9.55 Å². The van der Waals surface area contributed by atoms with E-state index in [1.54, 1.807) is 12.3 Å². The molecule has 0 aliphatic rings. The predicted molar refractivity (Wildman–Crippen MR) is 88.3 cm³/mol. The van der Waals surface area contributed by atoms with Crippen LogP contribution in [0.1, 0.15) is 5.56 Å². The van der Waals surface area contributed by atoms with Gasteiger partial charge in [-0.2, -0.15) is 0 Å². The molecular formula is C18H16N2O3. The Kier molecular flexibility index (Phi) is 4.38. The number of fused-ring (bicyclic) bond motifs is 1. The molecule has 0 radical (unpaired) electrons. The number of aromatic nitrogens is 2. The topological polar surface area (TPSA) is 64.3 Å². The highest BCUT2D eigenvalue weighted by Crippen LogP contribution is 2.15. The first-order valence-corrected chi connectivity index (χ1v) is 7.26. The highest BCUT2D eigenvalue weighted by molar-refractivity contribution is 5.85. The molecular weight excluding hydrogens is 292 g/mol. The molecule has 0 bridgehead atoms. The lowest BCUT2D eigenvalue weighted by Crippen LogP contribution is -2.07. The molecule has 0 saturated heterocycles. The van der Waals surface area contributed by atoms with Crippen molar-refractivity contribution >= 4 is 23.1 Å². The van der Waals surface area contributed by atoms with Gasteiger partial charge >= 0.3 is 5.97 Å². The summed E-state index contributed by atoms with van der Waals surface area (Å²) in [5.41, 5.74) is 1.77. The van der Waals surface area contributed by atoms with E-state index in [1.165, 1.54) is 0 Å². The number of carbonyl (C=O) groups is 1. The monoisotopic (exact) mass is 308 g/mol. The van der Waals surface area contributed by atoms with Crippen molar-refractivity contribution in [3.63, 3.8) is 0 Å². The summed E-state index contributed by atoms with van der Waals surface area (Å²) >= 11 is 0. The lowest BCUT2D eigenvalue weighted by atomic mass is 10.2. The van der Waals surface area contributed by atoms with Crippen LogP contribution in [-0.2, 0) is 11.3 Å². The Bertz CT molecular complexity index is 835. The maximum atomic E-state index is 10.5. The molecule has 0 atom stereocenters. The third kappa shape index (κ3) is 3.77. The van der Waals surface area contributed by atoms with Gasteiger partial charge in [0.2, 0.25) is 0 Å². The molecule has 0 aliphatic carbocycles. The van der Waals surface area contributed by atoms with Crippen LogP contribution in [0.25, 0.3) is 17.1 Å². The predicted octanol–water partition coefficient (Wildman–Crippen LogP) is 3.21. The fourth-order valence-electron chi connectivity index (χ4n) is 2.31. The van der Waals surface area contributed by atoms with Crippen LogP contribution < -0.4 is 4.74 Å². The molecule has 0 saturated carbocycles. The maximum Gasteiger partial charge on any atom is 0.328 e. The van der Waals surface area contributed by atoms with Crippen LogP contribution in [0.15, 0.2) is 60.9 Å². The summed E-state index contributed by atoms with van der Waals surface area (Å²) in [6.07, 6.45) is 6.44. The molecule has 0 amide bonds. The van der Waals surface area contributed by atoms with Crippen LogP contribution in [0.4, 0.5) is 0 Å². The number of ether oxygens (including phenoxy) is 1. The zero-order valence-electron chi connectivity index (χ0n) is 12.4. The van der Waals surface area contributed by atoms with Crippen LogP contribution in [0, 0.1) is 0 Å². The highest BCUT2D eigenvalue weighted by atomic mass is 16.5. The number of benzene rings is 1. The van der Waals surface area contributed by atoms with Gasteiger partial charge in [-0.15, -0.1) is 0 Å². The second kappa shape index (κ2) is 6.79. The lowest BCUT2D eigenvalue weighted by molar-refractivity contribution is -0.131. The highest BCUT2D eigenvalue weighted by Gasteiger charge is 2.01. The van der Waals surface area contributed by atoms with Gasteiger partial charge in [0.05, 0.1) is 6.54 Å². The summed E-state index contributed by atoms with van der Waals surface area (Å²) in [5.74, 6) is -0.209. The number of aliphatic carboxylic acids is 1. The van der Waals surface area contributed by atoms with Crippen molar-refractivity contribution in [2.75, 3.05) is 6.61 Å². The summed E-state index contributed by atoms with van der Waals surface area (Å²) in [6, 6.07) is 13.3. The molecule has 1 aromatic carbocycles. The minimum atomic E-state index is -0.960. The zero-order valence-corrected chi connectivity index (χ0v) is 12.4. The van der Waals surface area contributed by atoms with Crippen molar-refractivity contribution in [1.82, 2.24) is 9.55 Å². The van der Waals surface area contributed by atoms with E-state index in [1.807, 2.05) is 48.7 Å². The number of pyridine rings is 1. The van der Waals surface area contributed by atoms with E-state index in [-0.39, 0.29) is 0 Å². The molecule has 5 heteroatoms. The summed E-state index contributed by atoms with van der Waals surface area (Å²) in [4.78, 5) is 14.8. The Hall–Kier alpha value is -3.08. The average molecular weight is 308 g/mol. The Morgan fingerprint density at radius 3 is 2.83 bits per heavy atom. The van der Waals surface area contributed by atoms with Gasteiger partial charge in [-0.1, -0.05) is 12.1 Å². The first-order valence-electron chi connectivity index (χ1n) is 7.26. The molecule has 0 spiro atoms. The van der Waals surface area contributed by atoms with E-state index in [0.29, 0.717) is 13.2 Å². The number of carboxylic acids is 1. The van der Waals surface area contributed by atoms with E-state index < -0.39 is 5.97 Å². The number of carboxylic acid groups (broad SMARTS) is 1. The van der Waals surface area contributed by atoms with Crippen LogP contribution >= 0.6 is 0 Å². The summed E-state index contributed by atoms with van der Waals surface area (Å²) < 4.78 is 7.77. The van der Waals surface area contributed by atoms with Gasteiger partial charge < -0.3 is 14.4 Å². The summed E-state index contributed by atoms with van der Waals surface area (Å²) in [5, 5.41) is 9.71. The largest absolute Gasteiger partial charge is 0.492 e. The van der Waals surface area contributed by atoms with Crippen molar-refractivity contribution in [2.24, 2.45) is 0 Å². The maximum absolute atomic E-state index is 10.5. The Morgan fingerprint density at radius 1 is 1.22 bits per heavy atom. The van der Waals surface area contributed by atoms with E-state index in [4.69, 9.17) is 9.84 Å². The molecule has 23 heavy (non-hydrogen) atoms. The van der Waals surface area contributed by atoms with Gasteiger partial charge in [-0.3, -0.25) is 0 Å². The van der Waals surface area contributed by atoms with Crippen molar-refractivity contribution < 1.29 is 14.6 Å². The van der Waals surface area contributed by atoms with E-state index >= 15 is 0 Å². The first kappa shape index (κ1) is 14.8. The molecule has 3 rings (SSSR count). The standard InChI is InChI=1S/C18H16N2O3/c21-17(22)8-5-14-3-6-16(7-4-14)23-13-12-20-11-9-15-2-1-10-19-18(15)20/h1-11H,12-13H2,(H,21,22)/b8-5+. The van der Waals surface area contributed by atoms with Gasteiger partial charge in [0.15, 0.2) is 0 Å². The van der Waals surface area contributed by atoms with Crippen molar-refractivity contribution in [3.8, 4) is 5.75 Å². The van der Waals surface area contributed by atoms with Crippen LogP contribution in [0.2, 0.25) is 0 Å². The minimum absolute atomic E-state index is 0.532. The van der Waals surface area contributed by atoms with Gasteiger partial charge in [-0.05, 0) is 42.0 Å². The molecule has 0 aliphatic heterocycles. The van der Waals surface area contributed by atoms with Gasteiger partial charge in [0.25, 0.3) is 0 Å². The second-order valence-electron chi connectivity index (χ2n) is 5.01. The van der Waals surface area contributed by atoms with E-state index in [0.717, 1.165) is 28.4 Å². The quantitative estimate of drug-likeness (QED) is 0.710.